The molecule has 0 heterocycles. The van der Waals surface area contributed by atoms with Crippen LogP contribution in [-0.2, 0) is 0 Å². The normalized spacial score (nSPS) is 12.1. The van der Waals surface area contributed by atoms with Gasteiger partial charge >= 0.3 is 172 Å². The van der Waals surface area contributed by atoms with E-state index in [1.54, 1.807) is 0 Å². The van der Waals surface area contributed by atoms with Crippen molar-refractivity contribution in [3.63, 3.8) is 0 Å². The van der Waals surface area contributed by atoms with Crippen LogP contribution in [0.15, 0.2) is 102 Å². The Hall–Kier alpha value is -2.13. The molecule has 0 N–H and O–H groups in total. The van der Waals surface area contributed by atoms with Crippen molar-refractivity contribution in [3.05, 3.63) is 102 Å². The van der Waals surface area contributed by atoms with Crippen LogP contribution >= 0.6 is 0 Å². The van der Waals surface area contributed by atoms with Gasteiger partial charge in [0, 0.05) is 0 Å². The van der Waals surface area contributed by atoms with E-state index in [1.165, 1.54) is 19.3 Å². The molecule has 28 heavy (non-hydrogen) atoms. The molecule has 0 aliphatic heterocycles. The number of allylic oxidation sites excluding steroid dienone is 1. The monoisotopic (exact) mass is 434 g/mol. The van der Waals surface area contributed by atoms with Crippen LogP contribution < -0.4 is 13.2 Å². The first-order valence-corrected chi connectivity index (χ1v) is 14.5. The maximum atomic E-state index is 16.2. The molecule has 0 aromatic heterocycles. The molecule has 0 spiro atoms. The van der Waals surface area contributed by atoms with Crippen LogP contribution in [0.2, 0.25) is 0 Å². The molecule has 3 rings (SSSR count). The molecule has 0 fully saturated rings. The number of unbranched alkanes of at least 4 members (excludes halogenated alkanes) is 4. The Morgan fingerprint density at radius 3 is 1.50 bits per heavy atom. The Morgan fingerprint density at radius 2 is 1.11 bits per heavy atom. The number of halogens is 1. The summed E-state index contributed by atoms with van der Waals surface area (Å²) in [6.45, 7) is 2.21. The number of benzene rings is 3. The summed E-state index contributed by atoms with van der Waals surface area (Å²) in [4.78, 5) is 0. The molecule has 0 saturated heterocycles. The van der Waals surface area contributed by atoms with Crippen LogP contribution in [0.1, 0.15) is 39.0 Å². The summed E-state index contributed by atoms with van der Waals surface area (Å²) in [7, 11) is 0. The molecule has 0 aliphatic carbocycles. The fourth-order valence-corrected chi connectivity index (χ4v) is 13.1. The van der Waals surface area contributed by atoms with Gasteiger partial charge in [-0.3, -0.25) is 0 Å². The van der Waals surface area contributed by atoms with Gasteiger partial charge in [0.15, 0.2) is 0 Å². The molecule has 0 aliphatic rings. The van der Waals surface area contributed by atoms with E-state index in [1.807, 2.05) is 60.7 Å². The molecule has 3 aromatic rings. The number of hydrogen-bond donors (Lipinski definition) is 0. The zero-order chi connectivity index (χ0) is 19.7. The van der Waals surface area contributed by atoms with Crippen molar-refractivity contribution in [2.75, 3.05) is 0 Å². The summed E-state index contributed by atoms with van der Waals surface area (Å²) in [5.41, 5.74) is 0. The molecular weight excluding hydrogens is 404 g/mol. The van der Waals surface area contributed by atoms with Crippen LogP contribution in [0.25, 0.3) is 0 Å². The molecule has 0 atom stereocenters. The molecule has 2 heteroatoms. The molecule has 3 aromatic carbocycles. The van der Waals surface area contributed by atoms with Gasteiger partial charge in [-0.1, -0.05) is 0 Å². The average Bonchev–Trinajstić information content (AvgIpc) is 2.76. The van der Waals surface area contributed by atoms with Gasteiger partial charge in [0.1, 0.15) is 0 Å². The van der Waals surface area contributed by atoms with E-state index < -0.39 is 13.3 Å². The first kappa shape index (κ1) is 20.6. The second-order valence-electron chi connectivity index (χ2n) is 7.25. The van der Waals surface area contributed by atoms with Gasteiger partial charge in [0.2, 0.25) is 0 Å². The third-order valence-corrected chi connectivity index (χ3v) is 14.8. The summed E-state index contributed by atoms with van der Waals surface area (Å²) in [5.74, 6) is 0. The molecule has 0 radical (unpaired) electrons. The van der Waals surface area contributed by atoms with E-state index in [-0.39, 0.29) is 4.66 Å². The Bertz CT molecular complexity index is 760. The first-order chi connectivity index (χ1) is 13.8. The second-order valence-corrected chi connectivity index (χ2v) is 15.0. The zero-order valence-corrected chi connectivity index (χ0v) is 18.7. The zero-order valence-electron chi connectivity index (χ0n) is 16.7. The Labute approximate surface area is 171 Å². The van der Waals surface area contributed by atoms with E-state index >= 15 is 4.39 Å². The average molecular weight is 433 g/mol. The molecule has 144 valence electrons. The van der Waals surface area contributed by atoms with E-state index in [4.69, 9.17) is 0 Å². The molecule has 0 saturated carbocycles. The Balaban J connectivity index is 2.15. The van der Waals surface area contributed by atoms with Gasteiger partial charge < -0.3 is 0 Å². The minimum atomic E-state index is -3.59. The topological polar surface area (TPSA) is 0 Å². The minimum absolute atomic E-state index is 0.0973. The predicted molar refractivity (Wildman–Crippen MR) is 122 cm³/mol. The number of hydrogen-bond acceptors (Lipinski definition) is 0. The Kier molecular flexibility index (Phi) is 7.67. The summed E-state index contributed by atoms with van der Waals surface area (Å²) < 4.78 is 19.8. The van der Waals surface area contributed by atoms with Crippen molar-refractivity contribution in [2.24, 2.45) is 0 Å². The van der Waals surface area contributed by atoms with Gasteiger partial charge in [-0.15, -0.1) is 0 Å². The van der Waals surface area contributed by atoms with Gasteiger partial charge in [0.25, 0.3) is 0 Å². The van der Waals surface area contributed by atoms with Crippen molar-refractivity contribution in [1.82, 2.24) is 0 Å². The third kappa shape index (κ3) is 4.47. The van der Waals surface area contributed by atoms with Crippen LogP contribution in [0.3, 0.4) is 0 Å². The second kappa shape index (κ2) is 10.4. The standard InChI is InChI=1S/C26H29FGe/c1-2-3-4-5-15-22-26(27)28(23-16-9-6-10-17-23,24-18-11-7-12-19-24)25-20-13-8-14-21-25/h6-14,16-22H,2-5,15H2,1H3/b26-22+. The SMILES string of the molecule is CCCCCC/C=[C](\F)[Ge]([c]1ccccc1)([c]1ccccc1)[c]1ccccc1. The fourth-order valence-electron chi connectivity index (χ4n) is 3.93. The van der Waals surface area contributed by atoms with E-state index in [2.05, 4.69) is 43.3 Å². The maximum absolute atomic E-state index is 16.2. The third-order valence-electron chi connectivity index (χ3n) is 5.36. The summed E-state index contributed by atoms with van der Waals surface area (Å²) in [6.07, 6.45) is 7.35. The quantitative estimate of drug-likeness (QED) is 0.308. The van der Waals surface area contributed by atoms with E-state index in [0.717, 1.165) is 26.0 Å². The van der Waals surface area contributed by atoms with E-state index in [9.17, 15) is 0 Å². The summed E-state index contributed by atoms with van der Waals surface area (Å²) in [6, 6.07) is 31.0. The van der Waals surface area contributed by atoms with Crippen molar-refractivity contribution in [3.8, 4) is 0 Å². The van der Waals surface area contributed by atoms with Crippen molar-refractivity contribution >= 4 is 26.5 Å². The molecule has 0 bridgehead atoms. The molecular formula is C26H29FGe. The van der Waals surface area contributed by atoms with Gasteiger partial charge in [0.05, 0.1) is 0 Å². The van der Waals surface area contributed by atoms with Crippen molar-refractivity contribution < 1.29 is 4.39 Å². The summed E-state index contributed by atoms with van der Waals surface area (Å²) in [5, 5.41) is 0. The molecule has 0 unspecified atom stereocenters. The van der Waals surface area contributed by atoms with Crippen LogP contribution in [0.5, 0.6) is 0 Å². The van der Waals surface area contributed by atoms with Crippen molar-refractivity contribution in [2.45, 2.75) is 39.0 Å². The molecule has 0 amide bonds. The number of rotatable bonds is 9. The fraction of sp³-hybridized carbons (Fsp3) is 0.231. The van der Waals surface area contributed by atoms with Gasteiger partial charge in [-0.25, -0.2) is 0 Å². The van der Waals surface area contributed by atoms with Crippen LogP contribution in [-0.4, -0.2) is 13.3 Å². The summed E-state index contributed by atoms with van der Waals surface area (Å²) >= 11 is -3.59. The van der Waals surface area contributed by atoms with Gasteiger partial charge in [-0.05, 0) is 0 Å². The molecule has 0 nitrogen and oxygen atoms in total. The van der Waals surface area contributed by atoms with Crippen LogP contribution in [0, 0.1) is 0 Å². The first-order valence-electron chi connectivity index (χ1n) is 10.3. The predicted octanol–water partition coefficient (Wildman–Crippen LogP) is 5.52. The van der Waals surface area contributed by atoms with Crippen LogP contribution in [0.4, 0.5) is 4.39 Å². The van der Waals surface area contributed by atoms with Gasteiger partial charge in [-0.2, -0.15) is 0 Å². The van der Waals surface area contributed by atoms with E-state index in [0.29, 0.717) is 0 Å². The van der Waals surface area contributed by atoms with Crippen molar-refractivity contribution in [1.29, 1.82) is 0 Å². The Morgan fingerprint density at radius 1 is 0.679 bits per heavy atom.